The van der Waals surface area contributed by atoms with Crippen molar-refractivity contribution in [2.24, 2.45) is 0 Å². The van der Waals surface area contributed by atoms with E-state index < -0.39 is 0 Å². The van der Waals surface area contributed by atoms with E-state index >= 15 is 0 Å². The van der Waals surface area contributed by atoms with Crippen LogP contribution in [0.3, 0.4) is 0 Å². The van der Waals surface area contributed by atoms with Crippen molar-refractivity contribution < 1.29 is 9.13 Å². The Balaban J connectivity index is 1.98. The topological polar surface area (TPSA) is 21.3 Å². The highest BCUT2D eigenvalue weighted by atomic mass is 19.1. The van der Waals surface area contributed by atoms with Gasteiger partial charge in [0.1, 0.15) is 18.2 Å². The summed E-state index contributed by atoms with van der Waals surface area (Å²) in [6.45, 7) is 3.19. The van der Waals surface area contributed by atoms with Gasteiger partial charge in [0.15, 0.2) is 0 Å². The molecule has 19 heavy (non-hydrogen) atoms. The van der Waals surface area contributed by atoms with E-state index in [9.17, 15) is 4.39 Å². The highest BCUT2D eigenvalue weighted by Crippen LogP contribution is 2.19. The van der Waals surface area contributed by atoms with Crippen molar-refractivity contribution in [3.63, 3.8) is 0 Å². The number of ether oxygens (including phenoxy) is 1. The molecule has 0 aromatic heterocycles. The first kappa shape index (κ1) is 13.6. The van der Waals surface area contributed by atoms with Crippen LogP contribution in [-0.2, 0) is 13.2 Å². The van der Waals surface area contributed by atoms with Gasteiger partial charge in [-0.05, 0) is 48.9 Å². The van der Waals surface area contributed by atoms with Crippen molar-refractivity contribution in [1.29, 1.82) is 0 Å². The highest BCUT2D eigenvalue weighted by molar-refractivity contribution is 5.33. The zero-order chi connectivity index (χ0) is 13.7. The second-order valence-electron chi connectivity index (χ2n) is 4.55. The summed E-state index contributed by atoms with van der Waals surface area (Å²) in [5, 5.41) is 3.11. The van der Waals surface area contributed by atoms with E-state index in [2.05, 4.69) is 17.4 Å². The fourth-order valence-electron chi connectivity index (χ4n) is 1.89. The van der Waals surface area contributed by atoms with E-state index in [0.717, 1.165) is 23.4 Å². The maximum absolute atomic E-state index is 13.0. The SMILES string of the molecule is CNCc1ccc(COc2ccc(F)cc2C)cc1. The standard InChI is InChI=1S/C16H18FNO/c1-12-9-15(17)7-8-16(12)19-11-14-5-3-13(4-6-14)10-18-2/h3-9,18H,10-11H2,1-2H3. The molecular weight excluding hydrogens is 241 g/mol. The molecule has 0 spiro atoms. The highest BCUT2D eigenvalue weighted by Gasteiger charge is 2.02. The zero-order valence-corrected chi connectivity index (χ0v) is 11.2. The maximum atomic E-state index is 13.0. The minimum absolute atomic E-state index is 0.235. The summed E-state index contributed by atoms with van der Waals surface area (Å²) in [7, 11) is 1.92. The van der Waals surface area contributed by atoms with E-state index in [4.69, 9.17) is 4.74 Å². The molecule has 3 heteroatoms. The number of hydrogen-bond acceptors (Lipinski definition) is 2. The molecule has 0 saturated heterocycles. The Hall–Kier alpha value is -1.87. The van der Waals surface area contributed by atoms with Gasteiger partial charge in [-0.15, -0.1) is 0 Å². The third-order valence-corrected chi connectivity index (χ3v) is 2.94. The predicted octanol–water partition coefficient (Wildman–Crippen LogP) is 3.43. The van der Waals surface area contributed by atoms with Gasteiger partial charge in [-0.1, -0.05) is 24.3 Å². The van der Waals surface area contributed by atoms with Crippen LogP contribution < -0.4 is 10.1 Å². The molecule has 100 valence electrons. The molecule has 0 bridgehead atoms. The van der Waals surface area contributed by atoms with Crippen LogP contribution in [0.15, 0.2) is 42.5 Å². The molecule has 1 N–H and O–H groups in total. The van der Waals surface area contributed by atoms with Gasteiger partial charge < -0.3 is 10.1 Å². The lowest BCUT2D eigenvalue weighted by atomic mass is 10.1. The van der Waals surface area contributed by atoms with Gasteiger partial charge in [0.2, 0.25) is 0 Å². The molecular formula is C16H18FNO. The number of rotatable bonds is 5. The van der Waals surface area contributed by atoms with Crippen LogP contribution in [0.25, 0.3) is 0 Å². The summed E-state index contributed by atoms with van der Waals surface area (Å²) in [5.74, 6) is 0.488. The minimum atomic E-state index is -0.235. The first-order chi connectivity index (χ1) is 9.19. The van der Waals surface area contributed by atoms with Gasteiger partial charge in [0.25, 0.3) is 0 Å². The smallest absolute Gasteiger partial charge is 0.123 e. The molecule has 0 saturated carbocycles. The molecule has 2 aromatic carbocycles. The van der Waals surface area contributed by atoms with Gasteiger partial charge in [-0.25, -0.2) is 4.39 Å². The Morgan fingerprint density at radius 1 is 1.05 bits per heavy atom. The zero-order valence-electron chi connectivity index (χ0n) is 11.2. The van der Waals surface area contributed by atoms with E-state index in [0.29, 0.717) is 6.61 Å². The molecule has 2 aromatic rings. The number of halogens is 1. The van der Waals surface area contributed by atoms with E-state index in [1.165, 1.54) is 17.7 Å². The number of benzene rings is 2. The molecule has 0 amide bonds. The summed E-state index contributed by atoms with van der Waals surface area (Å²) < 4.78 is 18.7. The molecule has 2 rings (SSSR count). The van der Waals surface area contributed by atoms with Gasteiger partial charge in [0, 0.05) is 6.54 Å². The Kier molecular flexibility index (Phi) is 4.53. The first-order valence-corrected chi connectivity index (χ1v) is 6.30. The Labute approximate surface area is 113 Å². The first-order valence-electron chi connectivity index (χ1n) is 6.30. The van der Waals surface area contributed by atoms with Crippen LogP contribution in [0.5, 0.6) is 5.75 Å². The molecule has 0 aliphatic rings. The summed E-state index contributed by atoms with van der Waals surface area (Å²) in [4.78, 5) is 0. The fraction of sp³-hybridized carbons (Fsp3) is 0.250. The molecule has 0 radical (unpaired) electrons. The summed E-state index contributed by atoms with van der Waals surface area (Å²) in [6, 6.07) is 12.8. The Morgan fingerprint density at radius 3 is 2.37 bits per heavy atom. The molecule has 0 unspecified atom stereocenters. The Bertz CT molecular complexity index is 537. The van der Waals surface area contributed by atoms with Crippen LogP contribution in [0.2, 0.25) is 0 Å². The quantitative estimate of drug-likeness (QED) is 0.888. The number of nitrogens with one attached hydrogen (secondary N) is 1. The molecule has 0 aliphatic heterocycles. The minimum Gasteiger partial charge on any atom is -0.489 e. The van der Waals surface area contributed by atoms with Crippen LogP contribution in [0.1, 0.15) is 16.7 Å². The van der Waals surface area contributed by atoms with Crippen molar-refractivity contribution in [2.45, 2.75) is 20.1 Å². The average molecular weight is 259 g/mol. The summed E-state index contributed by atoms with van der Waals surface area (Å²) in [6.07, 6.45) is 0. The van der Waals surface area contributed by atoms with Gasteiger partial charge in [-0.3, -0.25) is 0 Å². The second kappa shape index (κ2) is 6.34. The molecule has 0 aliphatic carbocycles. The third kappa shape index (κ3) is 3.80. The van der Waals surface area contributed by atoms with E-state index in [1.54, 1.807) is 6.07 Å². The molecule has 0 fully saturated rings. The second-order valence-corrected chi connectivity index (χ2v) is 4.55. The molecule has 0 heterocycles. The molecule has 2 nitrogen and oxygen atoms in total. The fourth-order valence-corrected chi connectivity index (χ4v) is 1.89. The van der Waals surface area contributed by atoms with Crippen molar-refractivity contribution in [3.05, 3.63) is 65.0 Å². The lowest BCUT2D eigenvalue weighted by Crippen LogP contribution is -2.05. The van der Waals surface area contributed by atoms with Crippen molar-refractivity contribution in [3.8, 4) is 5.75 Å². The van der Waals surface area contributed by atoms with Crippen molar-refractivity contribution in [2.75, 3.05) is 7.05 Å². The molecule has 0 atom stereocenters. The average Bonchev–Trinajstić information content (AvgIpc) is 2.40. The number of aryl methyl sites for hydroxylation is 1. The van der Waals surface area contributed by atoms with Crippen molar-refractivity contribution in [1.82, 2.24) is 5.32 Å². The van der Waals surface area contributed by atoms with Crippen LogP contribution in [-0.4, -0.2) is 7.05 Å². The normalized spacial score (nSPS) is 10.5. The summed E-state index contributed by atoms with van der Waals surface area (Å²) >= 11 is 0. The van der Waals surface area contributed by atoms with Crippen LogP contribution in [0, 0.1) is 12.7 Å². The predicted molar refractivity (Wildman–Crippen MR) is 74.7 cm³/mol. The van der Waals surface area contributed by atoms with Gasteiger partial charge in [-0.2, -0.15) is 0 Å². The largest absolute Gasteiger partial charge is 0.489 e. The van der Waals surface area contributed by atoms with Crippen LogP contribution >= 0.6 is 0 Å². The van der Waals surface area contributed by atoms with Crippen LogP contribution in [0.4, 0.5) is 4.39 Å². The monoisotopic (exact) mass is 259 g/mol. The Morgan fingerprint density at radius 2 is 1.74 bits per heavy atom. The third-order valence-electron chi connectivity index (χ3n) is 2.94. The van der Waals surface area contributed by atoms with Gasteiger partial charge >= 0.3 is 0 Å². The lowest BCUT2D eigenvalue weighted by molar-refractivity contribution is 0.303. The van der Waals surface area contributed by atoms with Gasteiger partial charge in [0.05, 0.1) is 0 Å². The maximum Gasteiger partial charge on any atom is 0.123 e. The van der Waals surface area contributed by atoms with E-state index in [1.807, 2.05) is 26.1 Å². The van der Waals surface area contributed by atoms with Crippen molar-refractivity contribution >= 4 is 0 Å². The van der Waals surface area contributed by atoms with E-state index in [-0.39, 0.29) is 5.82 Å². The summed E-state index contributed by atoms with van der Waals surface area (Å²) in [5.41, 5.74) is 3.15. The lowest BCUT2D eigenvalue weighted by Gasteiger charge is -2.09. The number of hydrogen-bond donors (Lipinski definition) is 1.